The van der Waals surface area contributed by atoms with Gasteiger partial charge in [-0.15, -0.1) is 0 Å². The predicted octanol–water partition coefficient (Wildman–Crippen LogP) is 6.15. The smallest absolute Gasteiger partial charge is 0.306 e. The fraction of sp³-hybridized carbons (Fsp3) is 0.947. The van der Waals surface area contributed by atoms with Gasteiger partial charge in [0.1, 0.15) is 0 Å². The molecule has 3 atom stereocenters. The van der Waals surface area contributed by atoms with Crippen molar-refractivity contribution >= 4 is 5.97 Å². The zero-order chi connectivity index (χ0) is 16.3. The third kappa shape index (κ3) is 9.92. The lowest BCUT2D eigenvalue weighted by atomic mass is 9.79. The second kappa shape index (κ2) is 12.1. The summed E-state index contributed by atoms with van der Waals surface area (Å²) in [6.07, 6.45) is 10.3. The molecule has 0 heterocycles. The summed E-state index contributed by atoms with van der Waals surface area (Å²) in [4.78, 5) is 11.7. The SMILES string of the molecule is CCCCC(CCC)CC(C(=O)O)C(C)CCCC(C)C. The molecule has 126 valence electrons. The molecule has 0 saturated heterocycles. The molecule has 0 aliphatic heterocycles. The van der Waals surface area contributed by atoms with Crippen LogP contribution in [0.25, 0.3) is 0 Å². The number of rotatable bonds is 13. The first-order chi connectivity index (χ1) is 9.92. The molecule has 0 fully saturated rings. The van der Waals surface area contributed by atoms with Crippen molar-refractivity contribution in [2.45, 2.75) is 92.4 Å². The van der Waals surface area contributed by atoms with Crippen LogP contribution in [0.15, 0.2) is 0 Å². The molecule has 0 aromatic rings. The summed E-state index contributed by atoms with van der Waals surface area (Å²) in [7, 11) is 0. The van der Waals surface area contributed by atoms with Crippen molar-refractivity contribution in [1.82, 2.24) is 0 Å². The lowest BCUT2D eigenvalue weighted by molar-refractivity contribution is -0.144. The van der Waals surface area contributed by atoms with Gasteiger partial charge >= 0.3 is 5.97 Å². The van der Waals surface area contributed by atoms with Crippen molar-refractivity contribution in [1.29, 1.82) is 0 Å². The molecule has 0 amide bonds. The van der Waals surface area contributed by atoms with Crippen LogP contribution >= 0.6 is 0 Å². The van der Waals surface area contributed by atoms with E-state index in [4.69, 9.17) is 0 Å². The van der Waals surface area contributed by atoms with Gasteiger partial charge in [0, 0.05) is 0 Å². The molecule has 2 heteroatoms. The van der Waals surface area contributed by atoms with Gasteiger partial charge in [-0.25, -0.2) is 0 Å². The van der Waals surface area contributed by atoms with Crippen LogP contribution in [0.1, 0.15) is 92.4 Å². The van der Waals surface area contributed by atoms with Gasteiger partial charge in [0.05, 0.1) is 5.92 Å². The highest BCUT2D eigenvalue weighted by Gasteiger charge is 2.27. The maximum atomic E-state index is 11.7. The Kier molecular flexibility index (Phi) is 11.8. The average Bonchev–Trinajstić information content (AvgIpc) is 2.40. The van der Waals surface area contributed by atoms with Crippen LogP contribution < -0.4 is 0 Å². The van der Waals surface area contributed by atoms with Gasteiger partial charge in [-0.1, -0.05) is 79.6 Å². The van der Waals surface area contributed by atoms with E-state index < -0.39 is 5.97 Å². The molecular formula is C19H38O2. The Balaban J connectivity index is 4.44. The molecule has 0 aliphatic rings. The van der Waals surface area contributed by atoms with Gasteiger partial charge in [-0.3, -0.25) is 4.79 Å². The highest BCUT2D eigenvalue weighted by atomic mass is 16.4. The molecule has 0 bridgehead atoms. The fourth-order valence-corrected chi connectivity index (χ4v) is 3.27. The molecule has 0 aromatic carbocycles. The first kappa shape index (κ1) is 20.5. The van der Waals surface area contributed by atoms with Crippen LogP contribution in [0, 0.1) is 23.7 Å². The van der Waals surface area contributed by atoms with Crippen LogP contribution in [0.3, 0.4) is 0 Å². The van der Waals surface area contributed by atoms with Crippen molar-refractivity contribution in [3.63, 3.8) is 0 Å². The number of carbonyl (C=O) groups is 1. The molecule has 0 saturated carbocycles. The Morgan fingerprint density at radius 1 is 0.905 bits per heavy atom. The minimum absolute atomic E-state index is 0.148. The van der Waals surface area contributed by atoms with Crippen LogP contribution in [-0.2, 0) is 4.79 Å². The normalized spacial score (nSPS) is 15.9. The first-order valence-corrected chi connectivity index (χ1v) is 9.15. The van der Waals surface area contributed by atoms with Gasteiger partial charge < -0.3 is 5.11 Å². The van der Waals surface area contributed by atoms with E-state index in [1.807, 2.05) is 0 Å². The summed E-state index contributed by atoms with van der Waals surface area (Å²) < 4.78 is 0. The molecule has 1 N–H and O–H groups in total. The van der Waals surface area contributed by atoms with E-state index in [0.717, 1.165) is 25.2 Å². The maximum Gasteiger partial charge on any atom is 0.306 e. The zero-order valence-electron chi connectivity index (χ0n) is 15.0. The quantitative estimate of drug-likeness (QED) is 0.443. The van der Waals surface area contributed by atoms with Crippen molar-refractivity contribution in [2.24, 2.45) is 23.7 Å². The number of carboxylic acids is 1. The average molecular weight is 299 g/mol. The second-order valence-corrected chi connectivity index (χ2v) is 7.28. The third-order valence-electron chi connectivity index (χ3n) is 4.70. The molecular weight excluding hydrogens is 260 g/mol. The maximum absolute atomic E-state index is 11.7. The summed E-state index contributed by atoms with van der Waals surface area (Å²) in [6.45, 7) is 11.0. The Labute approximate surface area is 132 Å². The summed E-state index contributed by atoms with van der Waals surface area (Å²) in [6, 6.07) is 0. The molecule has 0 aromatic heterocycles. The van der Waals surface area contributed by atoms with E-state index in [0.29, 0.717) is 11.8 Å². The largest absolute Gasteiger partial charge is 0.481 e. The molecule has 3 unspecified atom stereocenters. The summed E-state index contributed by atoms with van der Waals surface area (Å²) in [5, 5.41) is 9.59. The van der Waals surface area contributed by atoms with E-state index in [9.17, 15) is 9.90 Å². The van der Waals surface area contributed by atoms with Gasteiger partial charge in [0.25, 0.3) is 0 Å². The Morgan fingerprint density at radius 2 is 1.57 bits per heavy atom. The predicted molar refractivity (Wildman–Crippen MR) is 91.5 cm³/mol. The number of hydrogen-bond acceptors (Lipinski definition) is 1. The van der Waals surface area contributed by atoms with Crippen molar-refractivity contribution in [3.05, 3.63) is 0 Å². The number of carboxylic acid groups (broad SMARTS) is 1. The molecule has 0 spiro atoms. The van der Waals surface area contributed by atoms with Gasteiger partial charge in [-0.05, 0) is 30.6 Å². The topological polar surface area (TPSA) is 37.3 Å². The van der Waals surface area contributed by atoms with Crippen molar-refractivity contribution in [3.8, 4) is 0 Å². The molecule has 0 rings (SSSR count). The molecule has 2 nitrogen and oxygen atoms in total. The Morgan fingerprint density at radius 3 is 2.05 bits per heavy atom. The highest BCUT2D eigenvalue weighted by Crippen LogP contribution is 2.30. The first-order valence-electron chi connectivity index (χ1n) is 9.15. The molecule has 21 heavy (non-hydrogen) atoms. The lowest BCUT2D eigenvalue weighted by Crippen LogP contribution is -2.25. The Hall–Kier alpha value is -0.530. The minimum atomic E-state index is -0.579. The van der Waals surface area contributed by atoms with Crippen molar-refractivity contribution < 1.29 is 9.90 Å². The van der Waals surface area contributed by atoms with Crippen molar-refractivity contribution in [2.75, 3.05) is 0 Å². The van der Waals surface area contributed by atoms with Crippen LogP contribution in [0.5, 0.6) is 0 Å². The zero-order valence-corrected chi connectivity index (χ0v) is 15.0. The third-order valence-corrected chi connectivity index (χ3v) is 4.70. The number of unbranched alkanes of at least 4 members (excludes halogenated alkanes) is 1. The van der Waals surface area contributed by atoms with Gasteiger partial charge in [-0.2, -0.15) is 0 Å². The van der Waals surface area contributed by atoms with E-state index in [2.05, 4.69) is 34.6 Å². The Bertz CT molecular complexity index is 260. The minimum Gasteiger partial charge on any atom is -0.481 e. The molecule has 0 radical (unpaired) electrons. The second-order valence-electron chi connectivity index (χ2n) is 7.28. The monoisotopic (exact) mass is 298 g/mol. The summed E-state index contributed by atoms with van der Waals surface area (Å²) in [5.74, 6) is 0.902. The van der Waals surface area contributed by atoms with Gasteiger partial charge in [0.2, 0.25) is 0 Å². The van der Waals surface area contributed by atoms with E-state index in [1.54, 1.807) is 0 Å². The number of aliphatic carboxylic acids is 1. The van der Waals surface area contributed by atoms with Crippen LogP contribution in [0.4, 0.5) is 0 Å². The van der Waals surface area contributed by atoms with Crippen LogP contribution in [0.2, 0.25) is 0 Å². The number of hydrogen-bond donors (Lipinski definition) is 1. The van der Waals surface area contributed by atoms with E-state index >= 15 is 0 Å². The van der Waals surface area contributed by atoms with Gasteiger partial charge in [0.15, 0.2) is 0 Å². The van der Waals surface area contributed by atoms with E-state index in [-0.39, 0.29) is 5.92 Å². The standard InChI is InChI=1S/C19H38O2/c1-6-8-13-17(10-7-2)14-18(19(20)21)16(5)12-9-11-15(3)4/h15-18H,6-14H2,1-5H3,(H,20,21). The van der Waals surface area contributed by atoms with E-state index in [1.165, 1.54) is 38.5 Å². The highest BCUT2D eigenvalue weighted by molar-refractivity contribution is 5.70. The summed E-state index contributed by atoms with van der Waals surface area (Å²) >= 11 is 0. The van der Waals surface area contributed by atoms with Crippen LogP contribution in [-0.4, -0.2) is 11.1 Å². The summed E-state index contributed by atoms with van der Waals surface area (Å²) in [5.41, 5.74) is 0. The molecule has 0 aliphatic carbocycles. The fourth-order valence-electron chi connectivity index (χ4n) is 3.27. The lowest BCUT2D eigenvalue weighted by Gasteiger charge is -2.25.